The maximum Gasteiger partial charge on any atom is 0.293 e. The lowest BCUT2D eigenvalue weighted by Gasteiger charge is -2.24. The Morgan fingerprint density at radius 3 is 2.68 bits per heavy atom. The topological polar surface area (TPSA) is 97.7 Å². The van der Waals surface area contributed by atoms with Crippen molar-refractivity contribution in [1.82, 2.24) is 19.9 Å². The first kappa shape index (κ1) is 24.3. The number of amides is 1. The van der Waals surface area contributed by atoms with E-state index in [1.54, 1.807) is 38.4 Å². The van der Waals surface area contributed by atoms with E-state index in [9.17, 15) is 4.79 Å². The normalized spacial score (nSPS) is 13.9. The number of carbonyl (C=O) groups is 1. The summed E-state index contributed by atoms with van der Waals surface area (Å²) in [5.74, 6) is -0.231. The largest absolute Gasteiger partial charge is 0.452 e. The number of hydrogen-bond donors (Lipinski definition) is 1. The molecule has 0 aliphatic carbocycles. The van der Waals surface area contributed by atoms with E-state index in [0.717, 1.165) is 24.6 Å². The Kier molecular flexibility index (Phi) is 6.54. The second kappa shape index (κ2) is 9.95. The fourth-order valence-corrected chi connectivity index (χ4v) is 4.37. The molecule has 4 aromatic heterocycles. The van der Waals surface area contributed by atoms with Crippen molar-refractivity contribution in [3.8, 4) is 22.7 Å². The molecule has 10 heteroatoms. The summed E-state index contributed by atoms with van der Waals surface area (Å²) in [6.07, 6.45) is 4.28. The minimum Gasteiger partial charge on any atom is -0.452 e. The third kappa shape index (κ3) is 4.73. The molecule has 188 valence electrons. The molecule has 1 fully saturated rings. The minimum atomic E-state index is -0.612. The number of anilines is 1. The Morgan fingerprint density at radius 2 is 1.97 bits per heavy atom. The van der Waals surface area contributed by atoms with Gasteiger partial charge in [-0.15, -0.1) is 4.98 Å². The summed E-state index contributed by atoms with van der Waals surface area (Å²) >= 11 is 0. The maximum absolute atomic E-state index is 15.1. The molecule has 0 aromatic carbocycles. The van der Waals surface area contributed by atoms with Gasteiger partial charge >= 0.3 is 0 Å². The molecule has 5 heterocycles. The highest BCUT2D eigenvalue weighted by atomic mass is 19.1. The molecule has 1 aliphatic rings. The van der Waals surface area contributed by atoms with Gasteiger partial charge in [0.1, 0.15) is 16.8 Å². The summed E-state index contributed by atoms with van der Waals surface area (Å²) in [5.41, 5.74) is 3.33. The van der Waals surface area contributed by atoms with Crippen LogP contribution in [0, 0.1) is 19.3 Å². The smallest absolute Gasteiger partial charge is 0.293 e. The Bertz CT molecular complexity index is 1540. The number of rotatable bonds is 5. The van der Waals surface area contributed by atoms with Crippen LogP contribution >= 0.6 is 0 Å². The van der Waals surface area contributed by atoms with Crippen LogP contribution in [0.2, 0.25) is 0 Å². The number of aryl methyl sites for hydroxylation is 1. The molecule has 4 aromatic rings. The molecule has 9 nitrogen and oxygen atoms in total. The molecule has 0 bridgehead atoms. The summed E-state index contributed by atoms with van der Waals surface area (Å²) < 4.78 is 26.6. The average molecular weight is 501 g/mol. The van der Waals surface area contributed by atoms with Crippen LogP contribution in [0.25, 0.3) is 38.7 Å². The maximum atomic E-state index is 15.1. The predicted molar refractivity (Wildman–Crippen MR) is 137 cm³/mol. The number of fused-ring (bicyclic) bond motifs is 1. The zero-order chi connectivity index (χ0) is 26.1. The van der Waals surface area contributed by atoms with Crippen molar-refractivity contribution in [2.45, 2.75) is 25.8 Å². The summed E-state index contributed by atoms with van der Waals surface area (Å²) in [6, 6.07) is 7.02. The van der Waals surface area contributed by atoms with Crippen molar-refractivity contribution in [2.75, 3.05) is 32.6 Å². The number of halogens is 1. The predicted octanol–water partition coefficient (Wildman–Crippen LogP) is 5.24. The lowest BCUT2D eigenvalue weighted by atomic mass is 10.1. The van der Waals surface area contributed by atoms with Gasteiger partial charge in [-0.05, 0) is 43.5 Å². The summed E-state index contributed by atoms with van der Waals surface area (Å²) in [5, 5.41) is 3.36. The second-order valence-electron chi connectivity index (χ2n) is 9.11. The highest BCUT2D eigenvalue weighted by Gasteiger charge is 2.23. The fraction of sp³-hybridized carbons (Fsp3) is 0.296. The van der Waals surface area contributed by atoms with Crippen LogP contribution in [-0.2, 0) is 4.74 Å². The molecular weight excluding hydrogens is 475 g/mol. The lowest BCUT2D eigenvalue weighted by molar-refractivity contribution is 0.0827. The number of hydrogen-bond acceptors (Lipinski definition) is 7. The highest BCUT2D eigenvalue weighted by Crippen LogP contribution is 2.37. The molecule has 0 saturated carbocycles. The molecular formula is C27H25FN6O3. The third-order valence-corrected chi connectivity index (χ3v) is 6.28. The third-order valence-electron chi connectivity index (χ3n) is 6.28. The van der Waals surface area contributed by atoms with Gasteiger partial charge < -0.3 is 24.2 Å². The molecule has 0 unspecified atom stereocenters. The molecule has 0 atom stereocenters. The standard InChI is InChI=1S/C27H25FN6O3/c1-15-11-16(27(35)34(3)4)13-31-24(15)22-12-21-25(37-22)23(18(28)14-30-21)19-5-6-20(26(29-2)33-19)32-17-7-9-36-10-8-17/h5-6,11-14,17,32H,7-10H2,1,3-4H3. The molecule has 1 amide bonds. The first-order valence-electron chi connectivity index (χ1n) is 11.9. The van der Waals surface area contributed by atoms with E-state index in [4.69, 9.17) is 15.7 Å². The van der Waals surface area contributed by atoms with E-state index < -0.39 is 5.82 Å². The Balaban J connectivity index is 1.53. The van der Waals surface area contributed by atoms with Crippen LogP contribution in [0.1, 0.15) is 28.8 Å². The molecule has 5 rings (SSSR count). The molecule has 0 spiro atoms. The fourth-order valence-electron chi connectivity index (χ4n) is 4.37. The van der Waals surface area contributed by atoms with Crippen LogP contribution in [-0.4, -0.2) is 59.1 Å². The van der Waals surface area contributed by atoms with Crippen LogP contribution in [0.5, 0.6) is 0 Å². The van der Waals surface area contributed by atoms with Gasteiger partial charge in [-0.2, -0.15) is 0 Å². The highest BCUT2D eigenvalue weighted by molar-refractivity contribution is 5.95. The SMILES string of the molecule is [C-]#[N+]c1nc(-c2c(F)cnc3cc(-c4ncc(C(=O)N(C)C)cc4C)oc23)ccc1NC1CCOCC1. The van der Waals surface area contributed by atoms with Crippen LogP contribution in [0.15, 0.2) is 41.1 Å². The molecule has 37 heavy (non-hydrogen) atoms. The van der Waals surface area contributed by atoms with Crippen molar-refractivity contribution < 1.29 is 18.3 Å². The number of nitrogens with one attached hydrogen (secondary N) is 1. The first-order valence-corrected chi connectivity index (χ1v) is 11.9. The van der Waals surface area contributed by atoms with Gasteiger partial charge in [-0.3, -0.25) is 9.78 Å². The van der Waals surface area contributed by atoms with Gasteiger partial charge in [0.25, 0.3) is 11.7 Å². The van der Waals surface area contributed by atoms with E-state index >= 15 is 4.39 Å². The van der Waals surface area contributed by atoms with Gasteiger partial charge in [-0.25, -0.2) is 9.37 Å². The minimum absolute atomic E-state index is 0.121. The van der Waals surface area contributed by atoms with Crippen molar-refractivity contribution in [1.29, 1.82) is 0 Å². The van der Waals surface area contributed by atoms with E-state index in [0.29, 0.717) is 41.4 Å². The number of ether oxygens (including phenoxy) is 1. The number of carbonyl (C=O) groups excluding carboxylic acids is 1. The second-order valence-corrected chi connectivity index (χ2v) is 9.11. The monoisotopic (exact) mass is 500 g/mol. The van der Waals surface area contributed by atoms with Gasteiger partial charge in [-0.1, -0.05) is 6.57 Å². The molecule has 0 radical (unpaired) electrons. The summed E-state index contributed by atoms with van der Waals surface area (Å²) in [4.78, 5) is 30.4. The zero-order valence-corrected chi connectivity index (χ0v) is 20.7. The molecule has 1 aliphatic heterocycles. The average Bonchev–Trinajstić information content (AvgIpc) is 3.33. The zero-order valence-electron chi connectivity index (χ0n) is 20.7. The lowest BCUT2D eigenvalue weighted by Crippen LogP contribution is -2.27. The number of furan rings is 1. The van der Waals surface area contributed by atoms with Crippen molar-refractivity contribution >= 4 is 28.5 Å². The number of pyridine rings is 3. The summed E-state index contributed by atoms with van der Waals surface area (Å²) in [7, 11) is 3.35. The Morgan fingerprint density at radius 1 is 1.19 bits per heavy atom. The van der Waals surface area contributed by atoms with E-state index in [1.165, 1.54) is 11.1 Å². The van der Waals surface area contributed by atoms with Crippen LogP contribution < -0.4 is 5.32 Å². The molecule has 1 saturated heterocycles. The quantitative estimate of drug-likeness (QED) is 0.374. The van der Waals surface area contributed by atoms with E-state index in [1.807, 2.05) is 6.92 Å². The number of nitrogens with zero attached hydrogens (tertiary/aromatic N) is 5. The Hall–Kier alpha value is -4.36. The van der Waals surface area contributed by atoms with Gasteiger partial charge in [0.05, 0.1) is 17.4 Å². The van der Waals surface area contributed by atoms with Crippen molar-refractivity contribution in [3.63, 3.8) is 0 Å². The Labute approximate surface area is 213 Å². The van der Waals surface area contributed by atoms with Gasteiger partial charge in [0, 0.05) is 45.6 Å². The van der Waals surface area contributed by atoms with Crippen molar-refractivity contribution in [3.05, 3.63) is 65.0 Å². The van der Waals surface area contributed by atoms with Gasteiger partial charge in [0.15, 0.2) is 22.9 Å². The van der Waals surface area contributed by atoms with Crippen LogP contribution in [0.4, 0.5) is 15.9 Å². The van der Waals surface area contributed by atoms with Gasteiger partial charge in [0.2, 0.25) is 0 Å². The van der Waals surface area contributed by atoms with E-state index in [-0.39, 0.29) is 34.6 Å². The van der Waals surface area contributed by atoms with Crippen molar-refractivity contribution in [2.24, 2.45) is 0 Å². The summed E-state index contributed by atoms with van der Waals surface area (Å²) in [6.45, 7) is 10.8. The molecule has 1 N–H and O–H groups in total. The van der Waals surface area contributed by atoms with Crippen LogP contribution in [0.3, 0.4) is 0 Å². The number of aromatic nitrogens is 3. The van der Waals surface area contributed by atoms with E-state index in [2.05, 4.69) is 25.1 Å². The first-order chi connectivity index (χ1) is 17.9.